The number of likely N-dealkylation sites (N-methyl/N-ethyl adjacent to an activating group) is 1. The number of aliphatic carboxylic acids is 1. The third-order valence-electron chi connectivity index (χ3n) is 3.49. The number of carboxylic acid groups (broad SMARTS) is 1. The molecular formula is C11H20N2O3. The molecule has 16 heavy (non-hydrogen) atoms. The molecule has 0 spiro atoms. The molecule has 0 unspecified atom stereocenters. The Bertz CT molecular complexity index is 306. The van der Waals surface area contributed by atoms with E-state index in [2.05, 4.69) is 5.32 Å². The van der Waals surface area contributed by atoms with E-state index in [0.29, 0.717) is 19.4 Å². The van der Waals surface area contributed by atoms with Gasteiger partial charge in [0, 0.05) is 12.1 Å². The summed E-state index contributed by atoms with van der Waals surface area (Å²) in [5.41, 5.74) is -1.31. The van der Waals surface area contributed by atoms with Gasteiger partial charge in [-0.3, -0.25) is 9.59 Å². The largest absolute Gasteiger partial charge is 0.480 e. The van der Waals surface area contributed by atoms with Crippen LogP contribution < -0.4 is 5.32 Å². The van der Waals surface area contributed by atoms with E-state index in [1.807, 2.05) is 32.8 Å². The van der Waals surface area contributed by atoms with Crippen molar-refractivity contribution in [2.45, 2.75) is 32.2 Å². The zero-order valence-electron chi connectivity index (χ0n) is 10.3. The molecule has 1 aliphatic rings. The number of carboxylic acids is 1. The molecule has 2 N–H and O–H groups in total. The van der Waals surface area contributed by atoms with Gasteiger partial charge in [-0.1, -0.05) is 0 Å². The second-order valence-corrected chi connectivity index (χ2v) is 5.28. The van der Waals surface area contributed by atoms with Gasteiger partial charge >= 0.3 is 5.97 Å². The Kier molecular flexibility index (Phi) is 3.28. The number of carbonyl (C=O) groups is 2. The van der Waals surface area contributed by atoms with Crippen LogP contribution in [0.15, 0.2) is 0 Å². The van der Waals surface area contributed by atoms with Crippen LogP contribution in [0.4, 0.5) is 0 Å². The van der Waals surface area contributed by atoms with Crippen molar-refractivity contribution >= 4 is 11.9 Å². The molecule has 0 atom stereocenters. The second-order valence-electron chi connectivity index (χ2n) is 5.28. The van der Waals surface area contributed by atoms with Gasteiger partial charge in [0.2, 0.25) is 5.91 Å². The Morgan fingerprint density at radius 2 is 1.88 bits per heavy atom. The summed E-state index contributed by atoms with van der Waals surface area (Å²) in [4.78, 5) is 24.6. The highest BCUT2D eigenvalue weighted by molar-refractivity contribution is 6.04. The summed E-state index contributed by atoms with van der Waals surface area (Å²) >= 11 is 0. The van der Waals surface area contributed by atoms with Crippen molar-refractivity contribution in [1.82, 2.24) is 10.2 Å². The number of hydrogen-bond acceptors (Lipinski definition) is 3. The number of rotatable bonds is 5. The van der Waals surface area contributed by atoms with E-state index in [-0.39, 0.29) is 11.4 Å². The van der Waals surface area contributed by atoms with Crippen molar-refractivity contribution < 1.29 is 14.7 Å². The lowest BCUT2D eigenvalue weighted by molar-refractivity contribution is -0.149. The lowest BCUT2D eigenvalue weighted by Gasteiger charge is -2.33. The van der Waals surface area contributed by atoms with Gasteiger partial charge in [0.25, 0.3) is 0 Å². The van der Waals surface area contributed by atoms with Gasteiger partial charge in [0.05, 0.1) is 0 Å². The normalized spacial score (nSPS) is 18.3. The van der Waals surface area contributed by atoms with Gasteiger partial charge < -0.3 is 15.3 Å². The molecule has 0 radical (unpaired) electrons. The summed E-state index contributed by atoms with van der Waals surface area (Å²) in [7, 11) is 3.85. The van der Waals surface area contributed by atoms with Gasteiger partial charge in [-0.25, -0.2) is 0 Å². The number of amides is 1. The Hall–Kier alpha value is -1.10. The van der Waals surface area contributed by atoms with E-state index in [1.165, 1.54) is 0 Å². The molecule has 1 saturated carbocycles. The van der Waals surface area contributed by atoms with Gasteiger partial charge in [0.15, 0.2) is 0 Å². The number of hydrogen-bond donors (Lipinski definition) is 2. The first-order valence-electron chi connectivity index (χ1n) is 5.41. The van der Waals surface area contributed by atoms with Crippen LogP contribution in [0.2, 0.25) is 0 Å². The van der Waals surface area contributed by atoms with E-state index in [0.717, 1.165) is 0 Å². The number of nitrogens with zero attached hydrogens (tertiary/aromatic N) is 1. The van der Waals surface area contributed by atoms with E-state index < -0.39 is 11.4 Å². The van der Waals surface area contributed by atoms with Crippen LogP contribution in [0.5, 0.6) is 0 Å². The van der Waals surface area contributed by atoms with Crippen LogP contribution in [-0.2, 0) is 9.59 Å². The summed E-state index contributed by atoms with van der Waals surface area (Å²) in [5, 5.41) is 11.7. The average Bonchev–Trinajstić information content (AvgIpc) is 2.94. The third-order valence-corrected chi connectivity index (χ3v) is 3.49. The second kappa shape index (κ2) is 4.05. The highest BCUT2D eigenvalue weighted by Crippen LogP contribution is 2.46. The van der Waals surface area contributed by atoms with E-state index in [4.69, 9.17) is 5.11 Å². The molecule has 0 bridgehead atoms. The summed E-state index contributed by atoms with van der Waals surface area (Å²) in [5.74, 6) is -1.36. The highest BCUT2D eigenvalue weighted by atomic mass is 16.4. The van der Waals surface area contributed by atoms with Crippen LogP contribution in [0, 0.1) is 5.41 Å². The molecule has 0 aromatic heterocycles. The van der Waals surface area contributed by atoms with Crippen molar-refractivity contribution in [3.63, 3.8) is 0 Å². The molecule has 1 fully saturated rings. The molecule has 1 amide bonds. The first-order valence-corrected chi connectivity index (χ1v) is 5.41. The van der Waals surface area contributed by atoms with Crippen LogP contribution in [0.3, 0.4) is 0 Å². The molecule has 1 aliphatic carbocycles. The van der Waals surface area contributed by atoms with Gasteiger partial charge in [0.1, 0.15) is 5.41 Å². The molecule has 92 valence electrons. The SMILES string of the molecule is CN(C)C(C)(C)CNC(=O)C1(C(=O)O)CC1. The first kappa shape index (κ1) is 13.0. The third kappa shape index (κ3) is 2.35. The maximum Gasteiger partial charge on any atom is 0.319 e. The lowest BCUT2D eigenvalue weighted by atomic mass is 10.0. The molecule has 0 heterocycles. The fourth-order valence-corrected chi connectivity index (χ4v) is 1.29. The monoisotopic (exact) mass is 228 g/mol. The minimum Gasteiger partial charge on any atom is -0.480 e. The van der Waals surface area contributed by atoms with Crippen molar-refractivity contribution in [2.24, 2.45) is 5.41 Å². The van der Waals surface area contributed by atoms with Crippen LogP contribution in [0.1, 0.15) is 26.7 Å². The maximum absolute atomic E-state index is 11.7. The quantitative estimate of drug-likeness (QED) is 0.664. The van der Waals surface area contributed by atoms with Crippen molar-refractivity contribution in [1.29, 1.82) is 0 Å². The minimum atomic E-state index is -1.14. The number of nitrogens with one attached hydrogen (secondary N) is 1. The van der Waals surface area contributed by atoms with Crippen LogP contribution in [0.25, 0.3) is 0 Å². The summed E-state index contributed by atoms with van der Waals surface area (Å²) in [6.07, 6.45) is 0.910. The molecule has 0 aromatic carbocycles. The standard InChI is InChI=1S/C11H20N2O3/c1-10(2,13(3)4)7-12-8(14)11(5-6-11)9(15)16/h5-7H2,1-4H3,(H,12,14)(H,15,16). The Labute approximate surface area is 95.8 Å². The summed E-state index contributed by atoms with van der Waals surface area (Å²) in [6.45, 7) is 4.44. The molecule has 5 heteroatoms. The van der Waals surface area contributed by atoms with Gasteiger partial charge in [-0.05, 0) is 40.8 Å². The fraction of sp³-hybridized carbons (Fsp3) is 0.818. The Morgan fingerprint density at radius 1 is 1.38 bits per heavy atom. The van der Waals surface area contributed by atoms with Crippen molar-refractivity contribution in [2.75, 3.05) is 20.6 Å². The first-order chi connectivity index (χ1) is 7.22. The van der Waals surface area contributed by atoms with E-state index in [9.17, 15) is 9.59 Å². The summed E-state index contributed by atoms with van der Waals surface area (Å²) in [6, 6.07) is 0. The minimum absolute atomic E-state index is 0.176. The Morgan fingerprint density at radius 3 is 2.19 bits per heavy atom. The topological polar surface area (TPSA) is 69.6 Å². The molecule has 0 saturated heterocycles. The van der Waals surface area contributed by atoms with Crippen molar-refractivity contribution in [3.05, 3.63) is 0 Å². The average molecular weight is 228 g/mol. The van der Waals surface area contributed by atoms with E-state index >= 15 is 0 Å². The predicted octanol–water partition coefficient (Wildman–Crippen LogP) is 0.308. The fourth-order valence-electron chi connectivity index (χ4n) is 1.29. The Balaban J connectivity index is 2.51. The lowest BCUT2D eigenvalue weighted by Crippen LogP contribution is -2.50. The molecular weight excluding hydrogens is 208 g/mol. The van der Waals surface area contributed by atoms with Crippen molar-refractivity contribution in [3.8, 4) is 0 Å². The molecule has 0 aromatic rings. The van der Waals surface area contributed by atoms with Crippen LogP contribution in [-0.4, -0.2) is 48.1 Å². The summed E-state index contributed by atoms with van der Waals surface area (Å²) < 4.78 is 0. The highest BCUT2D eigenvalue weighted by Gasteiger charge is 2.57. The zero-order valence-corrected chi connectivity index (χ0v) is 10.3. The predicted molar refractivity (Wildman–Crippen MR) is 60.1 cm³/mol. The van der Waals surface area contributed by atoms with Gasteiger partial charge in [-0.15, -0.1) is 0 Å². The maximum atomic E-state index is 11.7. The van der Waals surface area contributed by atoms with E-state index in [1.54, 1.807) is 0 Å². The number of carbonyl (C=O) groups excluding carboxylic acids is 1. The molecule has 5 nitrogen and oxygen atoms in total. The molecule has 1 rings (SSSR count). The molecule has 0 aliphatic heterocycles. The zero-order chi connectivity index (χ0) is 12.6. The van der Waals surface area contributed by atoms with Gasteiger partial charge in [-0.2, -0.15) is 0 Å². The van der Waals surface area contributed by atoms with Crippen LogP contribution >= 0.6 is 0 Å². The smallest absolute Gasteiger partial charge is 0.319 e.